The zero-order valence-corrected chi connectivity index (χ0v) is 20.4. The second-order valence-electron chi connectivity index (χ2n) is 11.2. The molecule has 4 saturated carbocycles. The molecule has 0 saturated heterocycles. The number of amides is 1. The van der Waals surface area contributed by atoms with Crippen molar-refractivity contribution >= 4 is 21.7 Å². The Morgan fingerprint density at radius 1 is 1.09 bits per heavy atom. The summed E-state index contributed by atoms with van der Waals surface area (Å²) in [6.45, 7) is 2.85. The largest absolute Gasteiger partial charge is 0.417 e. The molecule has 1 aromatic carbocycles. The molecule has 6 nitrogen and oxygen atoms in total. The third-order valence-corrected chi connectivity index (χ3v) is 10.6. The quantitative estimate of drug-likeness (QED) is 0.609. The van der Waals surface area contributed by atoms with Crippen LogP contribution in [-0.2, 0) is 25.8 Å². The first kappa shape index (κ1) is 25.2. The Morgan fingerprint density at radius 2 is 1.65 bits per heavy atom. The monoisotopic (exact) mass is 500 g/mol. The molecule has 2 atom stereocenters. The number of likely N-dealkylation sites (N-methyl/N-ethyl adjacent to an activating group) is 1. The second-order valence-corrected chi connectivity index (χ2v) is 13.2. The van der Waals surface area contributed by atoms with Gasteiger partial charge in [-0.15, -0.1) is 0 Å². The molecule has 2 unspecified atom stereocenters. The average Bonchev–Trinajstić information content (AvgIpc) is 2.71. The molecule has 5 rings (SSSR count). The Morgan fingerprint density at radius 3 is 2.18 bits per heavy atom. The van der Waals surface area contributed by atoms with Crippen molar-refractivity contribution in [1.82, 2.24) is 4.31 Å². The number of hydrogen-bond donors (Lipinski definition) is 1. The molecule has 1 aromatic rings. The number of rotatable bonds is 7. The summed E-state index contributed by atoms with van der Waals surface area (Å²) >= 11 is 0. The number of alkyl halides is 3. The van der Waals surface area contributed by atoms with Crippen LogP contribution in [0.5, 0.6) is 0 Å². The lowest BCUT2D eigenvalue weighted by Crippen LogP contribution is -2.59. The Kier molecular flexibility index (Phi) is 5.76. The van der Waals surface area contributed by atoms with Crippen molar-refractivity contribution in [2.24, 2.45) is 28.4 Å². The van der Waals surface area contributed by atoms with Gasteiger partial charge in [0.2, 0.25) is 15.9 Å². The minimum atomic E-state index is -4.86. The van der Waals surface area contributed by atoms with E-state index in [0.717, 1.165) is 55.6 Å². The van der Waals surface area contributed by atoms with Crippen LogP contribution in [-0.4, -0.2) is 37.0 Å². The lowest BCUT2D eigenvalue weighted by molar-refractivity contribution is -0.159. The summed E-state index contributed by atoms with van der Waals surface area (Å²) in [5.74, 6) is -0.0830. The molecule has 0 radical (unpaired) electrons. The Balaban J connectivity index is 1.62. The van der Waals surface area contributed by atoms with Gasteiger partial charge >= 0.3 is 6.18 Å². The van der Waals surface area contributed by atoms with Gasteiger partial charge in [-0.2, -0.15) is 17.5 Å². The highest BCUT2D eigenvalue weighted by Gasteiger charge is 2.61. The first-order chi connectivity index (χ1) is 15.5. The number of carbonyl (C=O) groups is 2. The zero-order chi connectivity index (χ0) is 25.3. The molecule has 34 heavy (non-hydrogen) atoms. The van der Waals surface area contributed by atoms with Crippen LogP contribution in [0.3, 0.4) is 0 Å². The minimum Gasteiger partial charge on any atom is -0.369 e. The van der Waals surface area contributed by atoms with Gasteiger partial charge in [-0.3, -0.25) is 9.59 Å². The van der Waals surface area contributed by atoms with Gasteiger partial charge in [-0.1, -0.05) is 12.1 Å². The Labute approximate surface area is 198 Å². The molecule has 0 aliphatic heterocycles. The number of Topliss-reactive ketones (excluding diaryl/α,β-unsaturated/α-hetero) is 1. The highest BCUT2D eigenvalue weighted by atomic mass is 32.2. The summed E-state index contributed by atoms with van der Waals surface area (Å²) in [4.78, 5) is 25.0. The van der Waals surface area contributed by atoms with E-state index in [-0.39, 0.29) is 18.1 Å². The van der Waals surface area contributed by atoms with Crippen LogP contribution in [0, 0.1) is 22.7 Å². The molecule has 1 amide bonds. The molecule has 4 fully saturated rings. The normalized spacial score (nSPS) is 31.1. The number of sulfonamides is 1. The summed E-state index contributed by atoms with van der Waals surface area (Å²) in [6, 6.07) is 3.97. The molecule has 0 aromatic heterocycles. The molecular weight excluding hydrogens is 469 g/mol. The highest BCUT2D eigenvalue weighted by molar-refractivity contribution is 7.89. The molecule has 0 heterocycles. The van der Waals surface area contributed by atoms with Crippen LogP contribution < -0.4 is 5.73 Å². The van der Waals surface area contributed by atoms with E-state index in [1.807, 2.05) is 0 Å². The summed E-state index contributed by atoms with van der Waals surface area (Å²) in [6.07, 6.45) is -0.221. The molecule has 2 N–H and O–H groups in total. The fourth-order valence-electron chi connectivity index (χ4n) is 7.05. The van der Waals surface area contributed by atoms with Crippen LogP contribution in [0.15, 0.2) is 29.2 Å². The van der Waals surface area contributed by atoms with Gasteiger partial charge in [0, 0.05) is 13.5 Å². The smallest absolute Gasteiger partial charge is 0.369 e. The van der Waals surface area contributed by atoms with Crippen LogP contribution in [0.2, 0.25) is 0 Å². The van der Waals surface area contributed by atoms with Crippen molar-refractivity contribution in [1.29, 1.82) is 0 Å². The minimum absolute atomic E-state index is 0.0722. The van der Waals surface area contributed by atoms with Crippen LogP contribution in [0.25, 0.3) is 0 Å². The molecule has 4 aliphatic rings. The fourth-order valence-corrected chi connectivity index (χ4v) is 8.76. The van der Waals surface area contributed by atoms with E-state index in [4.69, 9.17) is 5.73 Å². The maximum atomic E-state index is 13.6. The Bertz CT molecular complexity index is 1120. The summed E-state index contributed by atoms with van der Waals surface area (Å²) < 4.78 is 67.8. The number of carbonyl (C=O) groups excluding carboxylic acids is 2. The second kappa shape index (κ2) is 7.78. The van der Waals surface area contributed by atoms with Crippen molar-refractivity contribution in [3.8, 4) is 0 Å². The third kappa shape index (κ3) is 3.96. The maximum absolute atomic E-state index is 13.6. The van der Waals surface area contributed by atoms with Crippen molar-refractivity contribution < 1.29 is 31.2 Å². The predicted octanol–water partition coefficient (Wildman–Crippen LogP) is 4.14. The number of primary amides is 1. The van der Waals surface area contributed by atoms with Gasteiger partial charge < -0.3 is 5.73 Å². The first-order valence-electron chi connectivity index (χ1n) is 11.5. The summed E-state index contributed by atoms with van der Waals surface area (Å²) in [7, 11) is -3.48. The van der Waals surface area contributed by atoms with Gasteiger partial charge in [0.25, 0.3) is 0 Å². The number of hydrogen-bond acceptors (Lipinski definition) is 4. The molecule has 4 aliphatic carbocycles. The molecule has 4 bridgehead atoms. The summed E-state index contributed by atoms with van der Waals surface area (Å²) in [5.41, 5.74) is 1.89. The standard InChI is InChI=1S/C24H31F3N2O4S/c1-21(2,29(3)34(32,33)18-7-5-4-6-17(18)24(25,26)27)19(30)13-22-9-15-8-16(10-22)12-23(11-15,14-22)20(28)31/h4-7,15-16H,8-14H2,1-3H3,(H2,28,31). The number of halogens is 3. The van der Waals surface area contributed by atoms with Crippen molar-refractivity contribution in [3.05, 3.63) is 29.8 Å². The summed E-state index contributed by atoms with van der Waals surface area (Å²) in [5, 5.41) is 0. The maximum Gasteiger partial charge on any atom is 0.417 e. The topological polar surface area (TPSA) is 97.5 Å². The van der Waals surface area contributed by atoms with Crippen molar-refractivity contribution in [2.75, 3.05) is 7.05 Å². The first-order valence-corrected chi connectivity index (χ1v) is 13.0. The van der Waals surface area contributed by atoms with E-state index in [0.29, 0.717) is 24.3 Å². The van der Waals surface area contributed by atoms with Gasteiger partial charge in [-0.25, -0.2) is 8.42 Å². The molecule has 0 spiro atoms. The SMILES string of the molecule is CN(C(C)(C)C(=O)CC12CC3CC(C1)CC(C(N)=O)(C3)C2)S(=O)(=O)c1ccccc1C(F)(F)F. The fraction of sp³-hybridized carbons (Fsp3) is 0.667. The van der Waals surface area contributed by atoms with Gasteiger partial charge in [0.15, 0.2) is 5.78 Å². The number of benzene rings is 1. The number of ketones is 1. The Hall–Kier alpha value is -1.94. The van der Waals surface area contributed by atoms with Gasteiger partial charge in [0.1, 0.15) is 0 Å². The lowest BCUT2D eigenvalue weighted by atomic mass is 9.43. The van der Waals surface area contributed by atoms with E-state index < -0.39 is 43.0 Å². The molecular formula is C24H31F3N2O4S. The zero-order valence-electron chi connectivity index (χ0n) is 19.6. The van der Waals surface area contributed by atoms with Crippen LogP contribution in [0.1, 0.15) is 64.4 Å². The van der Waals surface area contributed by atoms with Gasteiger partial charge in [-0.05, 0) is 81.8 Å². The van der Waals surface area contributed by atoms with Crippen LogP contribution >= 0.6 is 0 Å². The van der Waals surface area contributed by atoms with E-state index >= 15 is 0 Å². The van der Waals surface area contributed by atoms with E-state index in [1.54, 1.807) is 0 Å². The van der Waals surface area contributed by atoms with Crippen molar-refractivity contribution in [3.63, 3.8) is 0 Å². The predicted molar refractivity (Wildman–Crippen MR) is 119 cm³/mol. The number of nitrogens with two attached hydrogens (primary N) is 1. The highest BCUT2D eigenvalue weighted by Crippen LogP contribution is 2.66. The average molecular weight is 501 g/mol. The van der Waals surface area contributed by atoms with Crippen LogP contribution in [0.4, 0.5) is 13.2 Å². The molecule has 10 heteroatoms. The van der Waals surface area contributed by atoms with E-state index in [2.05, 4.69) is 0 Å². The third-order valence-electron chi connectivity index (χ3n) is 8.54. The number of nitrogens with zero attached hydrogens (tertiary/aromatic N) is 1. The lowest BCUT2D eigenvalue weighted by Gasteiger charge is -2.61. The van der Waals surface area contributed by atoms with Gasteiger partial charge in [0.05, 0.1) is 21.4 Å². The molecule has 188 valence electrons. The van der Waals surface area contributed by atoms with E-state index in [9.17, 15) is 31.2 Å². The van der Waals surface area contributed by atoms with E-state index in [1.165, 1.54) is 19.9 Å². The van der Waals surface area contributed by atoms with Crippen molar-refractivity contribution in [2.45, 2.75) is 75.4 Å².